The summed E-state index contributed by atoms with van der Waals surface area (Å²) < 4.78 is 25.0. The number of nitrogens with zero attached hydrogens (tertiary/aromatic N) is 1. The van der Waals surface area contributed by atoms with E-state index >= 15 is 0 Å². The van der Waals surface area contributed by atoms with Gasteiger partial charge in [-0.2, -0.15) is 0 Å². The van der Waals surface area contributed by atoms with Crippen LogP contribution in [0.2, 0.25) is 0 Å². The Labute approximate surface area is 105 Å². The van der Waals surface area contributed by atoms with Crippen LogP contribution in [0.3, 0.4) is 0 Å². The Balaban J connectivity index is 3.04. The van der Waals surface area contributed by atoms with E-state index in [4.69, 9.17) is 0 Å². The average molecular weight is 255 g/mol. The smallest absolute Gasteiger partial charge is 0.207 e. The molecule has 1 rings (SSSR count). The minimum atomic E-state index is -3.30. The minimum Gasteiger partial charge on any atom is -0.207 e. The van der Waals surface area contributed by atoms with Crippen LogP contribution in [-0.4, -0.2) is 26.8 Å². The van der Waals surface area contributed by atoms with Gasteiger partial charge >= 0.3 is 0 Å². The van der Waals surface area contributed by atoms with Gasteiger partial charge < -0.3 is 0 Å². The highest BCUT2D eigenvalue weighted by atomic mass is 32.2. The fourth-order valence-electron chi connectivity index (χ4n) is 1.88. The van der Waals surface area contributed by atoms with E-state index < -0.39 is 10.0 Å². The topological polar surface area (TPSA) is 37.4 Å². The molecule has 0 aromatic heterocycles. The summed E-state index contributed by atoms with van der Waals surface area (Å²) in [6.45, 7) is 4.30. The van der Waals surface area contributed by atoms with Crippen molar-refractivity contribution in [3.05, 3.63) is 29.8 Å². The van der Waals surface area contributed by atoms with E-state index in [2.05, 4.69) is 13.8 Å². The van der Waals surface area contributed by atoms with Gasteiger partial charge in [0.25, 0.3) is 0 Å². The van der Waals surface area contributed by atoms with E-state index in [1.807, 2.05) is 12.1 Å². The molecule has 0 aliphatic rings. The Kier molecular flexibility index (Phi) is 4.71. The molecule has 0 radical (unpaired) electrons. The molecule has 1 aromatic carbocycles. The van der Waals surface area contributed by atoms with Gasteiger partial charge in [-0.15, -0.1) is 0 Å². The molecule has 0 spiro atoms. The third-order valence-electron chi connectivity index (χ3n) is 3.12. The quantitative estimate of drug-likeness (QED) is 0.811. The Morgan fingerprint density at radius 3 is 1.88 bits per heavy atom. The Morgan fingerprint density at radius 1 is 1.06 bits per heavy atom. The summed E-state index contributed by atoms with van der Waals surface area (Å²) in [5.41, 5.74) is 1.22. The Morgan fingerprint density at radius 2 is 1.53 bits per heavy atom. The molecular weight excluding hydrogens is 234 g/mol. The number of benzene rings is 1. The Bertz CT molecular complexity index is 445. The van der Waals surface area contributed by atoms with Crippen molar-refractivity contribution < 1.29 is 8.42 Å². The number of hydrogen-bond donors (Lipinski definition) is 0. The third kappa shape index (κ3) is 3.07. The van der Waals surface area contributed by atoms with Gasteiger partial charge in [-0.1, -0.05) is 26.0 Å². The first-order valence-electron chi connectivity index (χ1n) is 5.96. The largest absolute Gasteiger partial charge is 0.242 e. The summed E-state index contributed by atoms with van der Waals surface area (Å²) in [7, 11) is -0.208. The number of rotatable bonds is 5. The second-order valence-electron chi connectivity index (χ2n) is 4.37. The van der Waals surface area contributed by atoms with E-state index in [9.17, 15) is 8.42 Å². The minimum absolute atomic E-state index is 0.359. The second kappa shape index (κ2) is 5.65. The van der Waals surface area contributed by atoms with Gasteiger partial charge in [0, 0.05) is 14.1 Å². The van der Waals surface area contributed by atoms with Crippen LogP contribution in [0.1, 0.15) is 38.2 Å². The molecular formula is C13H21NO2S. The van der Waals surface area contributed by atoms with Gasteiger partial charge in [0.05, 0.1) is 4.90 Å². The average Bonchev–Trinajstić information content (AvgIpc) is 2.31. The van der Waals surface area contributed by atoms with Crippen LogP contribution < -0.4 is 0 Å². The van der Waals surface area contributed by atoms with Crippen molar-refractivity contribution in [3.63, 3.8) is 0 Å². The molecule has 0 amide bonds. The molecule has 0 saturated heterocycles. The maximum atomic E-state index is 11.9. The lowest BCUT2D eigenvalue weighted by atomic mass is 9.94. The van der Waals surface area contributed by atoms with Crippen molar-refractivity contribution in [2.24, 2.45) is 0 Å². The molecule has 1 aromatic rings. The second-order valence-corrected chi connectivity index (χ2v) is 6.52. The van der Waals surface area contributed by atoms with Crippen molar-refractivity contribution in [3.8, 4) is 0 Å². The number of hydrogen-bond acceptors (Lipinski definition) is 2. The lowest BCUT2D eigenvalue weighted by molar-refractivity contribution is 0.520. The van der Waals surface area contributed by atoms with E-state index in [1.165, 1.54) is 9.87 Å². The zero-order valence-electron chi connectivity index (χ0n) is 11.0. The maximum Gasteiger partial charge on any atom is 0.242 e. The van der Waals surface area contributed by atoms with Crippen molar-refractivity contribution in [1.29, 1.82) is 0 Å². The lowest BCUT2D eigenvalue weighted by Gasteiger charge is -2.15. The molecule has 0 unspecified atom stereocenters. The summed E-state index contributed by atoms with van der Waals surface area (Å²) in [4.78, 5) is 0.359. The molecule has 0 aliphatic carbocycles. The Hall–Kier alpha value is -0.870. The summed E-state index contributed by atoms with van der Waals surface area (Å²) in [5.74, 6) is 0.520. The molecule has 0 fully saturated rings. The SMILES string of the molecule is CCC(CC)c1ccc(S(=O)(=O)N(C)C)cc1. The molecule has 0 N–H and O–H groups in total. The zero-order chi connectivity index (χ0) is 13.1. The van der Waals surface area contributed by atoms with Crippen molar-refractivity contribution in [1.82, 2.24) is 4.31 Å². The summed E-state index contributed by atoms with van der Waals surface area (Å²) >= 11 is 0. The van der Waals surface area contributed by atoms with Crippen molar-refractivity contribution in [2.45, 2.75) is 37.5 Å². The van der Waals surface area contributed by atoms with Gasteiger partial charge in [0.15, 0.2) is 0 Å². The first-order chi connectivity index (χ1) is 7.93. The van der Waals surface area contributed by atoms with Gasteiger partial charge in [-0.05, 0) is 36.5 Å². The third-order valence-corrected chi connectivity index (χ3v) is 4.94. The van der Waals surface area contributed by atoms with E-state index in [-0.39, 0.29) is 0 Å². The molecule has 96 valence electrons. The highest BCUT2D eigenvalue weighted by molar-refractivity contribution is 7.89. The van der Waals surface area contributed by atoms with E-state index in [0.717, 1.165) is 12.8 Å². The molecule has 0 atom stereocenters. The molecule has 17 heavy (non-hydrogen) atoms. The fraction of sp³-hybridized carbons (Fsp3) is 0.538. The highest BCUT2D eigenvalue weighted by Gasteiger charge is 2.17. The first-order valence-corrected chi connectivity index (χ1v) is 7.40. The van der Waals surface area contributed by atoms with Crippen LogP contribution in [0.25, 0.3) is 0 Å². The van der Waals surface area contributed by atoms with E-state index in [1.54, 1.807) is 26.2 Å². The molecule has 3 nitrogen and oxygen atoms in total. The normalized spacial score (nSPS) is 12.4. The predicted molar refractivity (Wildman–Crippen MR) is 70.6 cm³/mol. The van der Waals surface area contributed by atoms with Gasteiger partial charge in [0.1, 0.15) is 0 Å². The lowest BCUT2D eigenvalue weighted by Crippen LogP contribution is -2.22. The predicted octanol–water partition coefficient (Wildman–Crippen LogP) is 2.84. The van der Waals surface area contributed by atoms with Crippen LogP contribution in [0.4, 0.5) is 0 Å². The van der Waals surface area contributed by atoms with Crippen LogP contribution >= 0.6 is 0 Å². The first kappa shape index (κ1) is 14.2. The molecule has 0 bridgehead atoms. The standard InChI is InChI=1S/C13H21NO2S/c1-5-11(6-2)12-7-9-13(10-8-12)17(15,16)14(3)4/h7-11H,5-6H2,1-4H3. The van der Waals surface area contributed by atoms with Crippen LogP contribution in [0.15, 0.2) is 29.2 Å². The highest BCUT2D eigenvalue weighted by Crippen LogP contribution is 2.24. The van der Waals surface area contributed by atoms with Gasteiger partial charge in [-0.3, -0.25) is 0 Å². The molecule has 0 heterocycles. The fourth-order valence-corrected chi connectivity index (χ4v) is 2.78. The summed E-state index contributed by atoms with van der Waals surface area (Å²) in [5, 5.41) is 0. The zero-order valence-corrected chi connectivity index (χ0v) is 11.8. The molecule has 4 heteroatoms. The summed E-state index contributed by atoms with van der Waals surface area (Å²) in [6, 6.07) is 7.24. The molecule has 0 aliphatic heterocycles. The summed E-state index contributed by atoms with van der Waals surface area (Å²) in [6.07, 6.45) is 2.16. The maximum absolute atomic E-state index is 11.9. The van der Waals surface area contributed by atoms with Gasteiger partial charge in [-0.25, -0.2) is 12.7 Å². The van der Waals surface area contributed by atoms with Crippen molar-refractivity contribution >= 4 is 10.0 Å². The van der Waals surface area contributed by atoms with Crippen LogP contribution in [-0.2, 0) is 10.0 Å². The van der Waals surface area contributed by atoms with Gasteiger partial charge in [0.2, 0.25) is 10.0 Å². The van der Waals surface area contributed by atoms with Crippen molar-refractivity contribution in [2.75, 3.05) is 14.1 Å². The van der Waals surface area contributed by atoms with E-state index in [0.29, 0.717) is 10.8 Å². The van der Waals surface area contributed by atoms with Crippen LogP contribution in [0, 0.1) is 0 Å². The monoisotopic (exact) mass is 255 g/mol. The van der Waals surface area contributed by atoms with Crippen LogP contribution in [0.5, 0.6) is 0 Å². The number of sulfonamides is 1. The molecule has 0 saturated carbocycles.